The van der Waals surface area contributed by atoms with E-state index in [4.69, 9.17) is 21.1 Å². The average Bonchev–Trinajstić information content (AvgIpc) is 2.87. The highest BCUT2D eigenvalue weighted by Gasteiger charge is 2.54. The summed E-state index contributed by atoms with van der Waals surface area (Å²) in [6, 6.07) is 0. The Morgan fingerprint density at radius 1 is 1.20 bits per heavy atom. The van der Waals surface area contributed by atoms with Crippen molar-refractivity contribution < 1.29 is 4.52 Å². The van der Waals surface area contributed by atoms with E-state index in [1.165, 1.54) is 38.5 Å². The highest BCUT2D eigenvalue weighted by Crippen LogP contribution is 2.60. The number of rotatable bonds is 4. The molecule has 4 bridgehead atoms. The second-order valence-electron chi connectivity index (χ2n) is 7.41. The van der Waals surface area contributed by atoms with Crippen LogP contribution < -0.4 is 0 Å². The van der Waals surface area contributed by atoms with Crippen LogP contribution in [0.2, 0.25) is 0 Å². The first-order chi connectivity index (χ1) is 9.68. The maximum absolute atomic E-state index is 6.34. The lowest BCUT2D eigenvalue weighted by atomic mass is 9.49. The van der Waals surface area contributed by atoms with Gasteiger partial charge >= 0.3 is 0 Å². The first kappa shape index (κ1) is 13.1. The first-order valence-corrected chi connectivity index (χ1v) is 8.60. The largest absolute Gasteiger partial charge is 0.339 e. The van der Waals surface area contributed by atoms with Crippen LogP contribution in [0.15, 0.2) is 4.52 Å². The molecular formula is C16H23ClN2O. The van der Waals surface area contributed by atoms with E-state index in [1.54, 1.807) is 0 Å². The molecule has 0 aliphatic heterocycles. The van der Waals surface area contributed by atoms with Gasteiger partial charge in [0.25, 0.3) is 0 Å². The summed E-state index contributed by atoms with van der Waals surface area (Å²) in [5.41, 5.74) is 0.197. The number of alkyl halides is 1. The predicted molar refractivity (Wildman–Crippen MR) is 77.7 cm³/mol. The second kappa shape index (κ2) is 4.72. The van der Waals surface area contributed by atoms with E-state index in [-0.39, 0.29) is 10.8 Å². The molecule has 4 saturated carbocycles. The minimum absolute atomic E-state index is 0.0913. The fourth-order valence-corrected chi connectivity index (χ4v) is 5.64. The van der Waals surface area contributed by atoms with Gasteiger partial charge in [-0.2, -0.15) is 4.98 Å². The molecule has 0 spiro atoms. The van der Waals surface area contributed by atoms with E-state index in [0.29, 0.717) is 5.82 Å². The maximum Gasteiger partial charge on any atom is 0.232 e. The van der Waals surface area contributed by atoms with Gasteiger partial charge < -0.3 is 4.52 Å². The third-order valence-electron chi connectivity index (χ3n) is 5.76. The summed E-state index contributed by atoms with van der Waals surface area (Å²) in [7, 11) is 0. The molecule has 4 heteroatoms. The highest BCUT2D eigenvalue weighted by atomic mass is 35.5. The Hall–Kier alpha value is -0.570. The van der Waals surface area contributed by atoms with E-state index in [9.17, 15) is 0 Å². The Morgan fingerprint density at radius 2 is 1.80 bits per heavy atom. The Kier molecular flexibility index (Phi) is 3.10. The molecular weight excluding hydrogens is 272 g/mol. The van der Waals surface area contributed by atoms with Crippen molar-refractivity contribution in [3.63, 3.8) is 0 Å². The minimum Gasteiger partial charge on any atom is -0.339 e. The smallest absolute Gasteiger partial charge is 0.232 e. The quantitative estimate of drug-likeness (QED) is 0.761. The van der Waals surface area contributed by atoms with Gasteiger partial charge in [0.05, 0.1) is 10.8 Å². The van der Waals surface area contributed by atoms with Crippen molar-refractivity contribution in [3.8, 4) is 0 Å². The molecule has 4 fully saturated rings. The molecule has 1 heterocycles. The fraction of sp³-hybridized carbons (Fsp3) is 0.875. The van der Waals surface area contributed by atoms with Gasteiger partial charge in [-0.3, -0.25) is 0 Å². The van der Waals surface area contributed by atoms with E-state index < -0.39 is 0 Å². The normalized spacial score (nSPS) is 40.2. The van der Waals surface area contributed by atoms with Gasteiger partial charge in [-0.25, -0.2) is 0 Å². The molecule has 5 rings (SSSR count). The molecule has 0 N–H and O–H groups in total. The number of hydrogen-bond donors (Lipinski definition) is 0. The summed E-state index contributed by atoms with van der Waals surface area (Å²) in [5.74, 6) is 4.31. The molecule has 0 radical (unpaired) electrons. The van der Waals surface area contributed by atoms with Gasteiger partial charge in [0.2, 0.25) is 5.89 Å². The van der Waals surface area contributed by atoms with Gasteiger partial charge in [-0.1, -0.05) is 18.5 Å². The number of hydrogen-bond acceptors (Lipinski definition) is 3. The molecule has 3 nitrogen and oxygen atoms in total. The molecule has 1 aromatic heterocycles. The zero-order valence-electron chi connectivity index (χ0n) is 12.1. The van der Waals surface area contributed by atoms with Crippen molar-refractivity contribution in [2.24, 2.45) is 17.8 Å². The molecule has 1 aromatic rings. The summed E-state index contributed by atoms with van der Waals surface area (Å²) in [6.45, 7) is 2.13. The number of nitrogens with zero attached hydrogens (tertiary/aromatic N) is 2. The van der Waals surface area contributed by atoms with Crippen molar-refractivity contribution in [3.05, 3.63) is 11.7 Å². The summed E-state index contributed by atoms with van der Waals surface area (Å²) in [6.07, 6.45) is 10.1. The van der Waals surface area contributed by atoms with Crippen LogP contribution in [0.3, 0.4) is 0 Å². The summed E-state index contributed by atoms with van der Waals surface area (Å²) in [4.78, 5) is 4.71. The standard InChI is InChI=1S/C16H23ClN2O/c1-2-3-13(17)14-18-15(20-19-14)16-7-10-4-11(8-16)6-12(5-10)9-16/h10-13H,2-9H2,1H3. The fourth-order valence-electron chi connectivity index (χ4n) is 5.33. The summed E-state index contributed by atoms with van der Waals surface area (Å²) < 4.78 is 5.67. The van der Waals surface area contributed by atoms with Crippen molar-refractivity contribution in [2.75, 3.05) is 0 Å². The van der Waals surface area contributed by atoms with E-state index in [0.717, 1.165) is 36.5 Å². The zero-order chi connectivity index (χ0) is 13.7. The monoisotopic (exact) mass is 294 g/mol. The predicted octanol–water partition coefficient (Wildman–Crippen LogP) is 4.62. The molecule has 0 amide bonds. The Balaban J connectivity index is 1.61. The van der Waals surface area contributed by atoms with E-state index >= 15 is 0 Å². The minimum atomic E-state index is -0.0913. The van der Waals surface area contributed by atoms with E-state index in [1.807, 2.05) is 0 Å². The molecule has 4 aliphatic carbocycles. The topological polar surface area (TPSA) is 38.9 Å². The van der Waals surface area contributed by atoms with Crippen molar-refractivity contribution in [2.45, 2.75) is 69.1 Å². The van der Waals surface area contributed by atoms with Gasteiger partial charge in [0.15, 0.2) is 5.82 Å². The van der Waals surface area contributed by atoms with Crippen LogP contribution in [0.5, 0.6) is 0 Å². The van der Waals surface area contributed by atoms with Gasteiger partial charge in [-0.15, -0.1) is 11.6 Å². The molecule has 4 aliphatic rings. The molecule has 1 atom stereocenters. The van der Waals surface area contributed by atoms with E-state index in [2.05, 4.69) is 12.1 Å². The Morgan fingerprint density at radius 3 is 2.35 bits per heavy atom. The lowest BCUT2D eigenvalue weighted by molar-refractivity contribution is -0.0201. The van der Waals surface area contributed by atoms with Crippen molar-refractivity contribution in [1.82, 2.24) is 10.1 Å². The molecule has 110 valence electrons. The van der Waals surface area contributed by atoms with Crippen LogP contribution in [-0.4, -0.2) is 10.1 Å². The van der Waals surface area contributed by atoms with Crippen LogP contribution in [0.25, 0.3) is 0 Å². The average molecular weight is 295 g/mol. The second-order valence-corrected chi connectivity index (χ2v) is 7.94. The van der Waals surface area contributed by atoms with Crippen LogP contribution in [0, 0.1) is 17.8 Å². The zero-order valence-corrected chi connectivity index (χ0v) is 12.9. The Labute approximate surface area is 125 Å². The lowest BCUT2D eigenvalue weighted by Crippen LogP contribution is -2.48. The molecule has 0 aromatic carbocycles. The van der Waals surface area contributed by atoms with Gasteiger partial charge in [0.1, 0.15) is 0 Å². The SMILES string of the molecule is CCCC(Cl)c1noc(C23CC4CC(CC(C4)C2)C3)n1. The molecule has 1 unspecified atom stereocenters. The lowest BCUT2D eigenvalue weighted by Gasteiger charge is -2.55. The third kappa shape index (κ3) is 2.01. The van der Waals surface area contributed by atoms with Crippen LogP contribution in [0.4, 0.5) is 0 Å². The van der Waals surface area contributed by atoms with Gasteiger partial charge in [-0.05, 0) is 62.7 Å². The highest BCUT2D eigenvalue weighted by molar-refractivity contribution is 6.20. The number of halogens is 1. The summed E-state index contributed by atoms with van der Waals surface area (Å²) in [5, 5.41) is 4.08. The first-order valence-electron chi connectivity index (χ1n) is 8.16. The van der Waals surface area contributed by atoms with Crippen molar-refractivity contribution in [1.29, 1.82) is 0 Å². The van der Waals surface area contributed by atoms with Crippen LogP contribution in [-0.2, 0) is 5.41 Å². The Bertz CT molecular complexity index is 463. The molecule has 0 saturated heterocycles. The summed E-state index contributed by atoms with van der Waals surface area (Å²) >= 11 is 6.34. The van der Waals surface area contributed by atoms with Gasteiger partial charge in [0, 0.05) is 0 Å². The molecule has 20 heavy (non-hydrogen) atoms. The maximum atomic E-state index is 6.34. The number of aromatic nitrogens is 2. The van der Waals surface area contributed by atoms with Crippen LogP contribution in [0.1, 0.15) is 75.4 Å². The third-order valence-corrected chi connectivity index (χ3v) is 6.17. The van der Waals surface area contributed by atoms with Crippen molar-refractivity contribution >= 4 is 11.6 Å². The van der Waals surface area contributed by atoms with Crippen LogP contribution >= 0.6 is 11.6 Å².